The summed E-state index contributed by atoms with van der Waals surface area (Å²) >= 11 is 0. The zero-order valence-electron chi connectivity index (χ0n) is 19.3. The summed E-state index contributed by atoms with van der Waals surface area (Å²) in [7, 11) is 0. The van der Waals surface area contributed by atoms with Gasteiger partial charge in [0, 0.05) is 29.6 Å². The van der Waals surface area contributed by atoms with E-state index in [1.54, 1.807) is 18.2 Å². The molecule has 2 aliphatic carbocycles. The van der Waals surface area contributed by atoms with Crippen molar-refractivity contribution in [2.75, 3.05) is 12.3 Å². The lowest BCUT2D eigenvalue weighted by atomic mass is 9.94. The maximum absolute atomic E-state index is 13.6. The second-order valence-electron chi connectivity index (χ2n) is 9.71. The smallest absolute Gasteiger partial charge is 0.418 e. The number of nitrogens with two attached hydrogens (primary N) is 1. The molecule has 0 radical (unpaired) electrons. The first-order chi connectivity index (χ1) is 16.9. The highest BCUT2D eigenvalue weighted by Gasteiger charge is 2.67. The molecule has 3 amide bonds. The first-order valence-corrected chi connectivity index (χ1v) is 11.4. The van der Waals surface area contributed by atoms with Gasteiger partial charge >= 0.3 is 12.3 Å². The van der Waals surface area contributed by atoms with Gasteiger partial charge in [-0.2, -0.15) is 13.2 Å². The number of hydrogen-bond donors (Lipinski definition) is 1. The number of ether oxygens (including phenoxy) is 1. The number of carbonyl (C=O) groups excluding carboxylic acids is 3. The summed E-state index contributed by atoms with van der Waals surface area (Å²) in [4.78, 5) is 40.5. The Kier molecular flexibility index (Phi) is 5.31. The van der Waals surface area contributed by atoms with Crippen molar-refractivity contribution in [3.8, 4) is 0 Å². The molecule has 1 saturated heterocycles. The highest BCUT2D eigenvalue weighted by atomic mass is 19.4. The number of fused-ring (bicyclic) bond motifs is 3. The number of amides is 3. The average Bonchev–Trinajstić information content (AvgIpc) is 3.49. The summed E-state index contributed by atoms with van der Waals surface area (Å²) in [5, 5.41) is 0. The summed E-state index contributed by atoms with van der Waals surface area (Å²) in [6.45, 7) is -0.604. The van der Waals surface area contributed by atoms with Crippen LogP contribution in [-0.4, -0.2) is 46.5 Å². The van der Waals surface area contributed by atoms with Gasteiger partial charge in [-0.3, -0.25) is 9.59 Å². The minimum Gasteiger partial charge on any atom is -0.427 e. The number of carbonyl (C=O) groups is 3. The van der Waals surface area contributed by atoms with Crippen LogP contribution in [0.4, 0.5) is 28.0 Å². The largest absolute Gasteiger partial charge is 0.427 e. The Morgan fingerprint density at radius 3 is 2.42 bits per heavy atom. The fourth-order valence-corrected chi connectivity index (χ4v) is 5.21. The number of benzene rings is 2. The quantitative estimate of drug-likeness (QED) is 0.490. The molecular weight excluding hydrogens is 482 g/mol. The van der Waals surface area contributed by atoms with Gasteiger partial charge in [0.05, 0.1) is 0 Å². The van der Waals surface area contributed by atoms with Crippen LogP contribution in [0.15, 0.2) is 42.5 Å². The fraction of sp³-hybridized carbons (Fsp3) is 0.400. The molecule has 0 aromatic heterocycles. The van der Waals surface area contributed by atoms with Crippen LogP contribution < -0.4 is 5.73 Å². The maximum Gasteiger partial charge on any atom is 0.418 e. The van der Waals surface area contributed by atoms with E-state index in [0.29, 0.717) is 21.1 Å². The molecule has 2 aromatic rings. The van der Waals surface area contributed by atoms with E-state index < -0.39 is 54.6 Å². The standard InChI is InChI=1S/C25H23F4N3O4/c1-14(25(27,28)29)31(11-15-2-4-16(26)5-3-15)20(33)12-32-21(34)24(36-22(32)35)13-23(8-9-23)19-10-17(30)6-7-18(19)24/h2-7,10,14H,8-9,11-13,30H2,1H3/t14-,24?/m0/s1. The van der Waals surface area contributed by atoms with Gasteiger partial charge in [0.2, 0.25) is 11.5 Å². The first-order valence-electron chi connectivity index (χ1n) is 11.4. The second kappa shape index (κ2) is 7.94. The zero-order chi connectivity index (χ0) is 26.0. The van der Waals surface area contributed by atoms with E-state index in [9.17, 15) is 31.9 Å². The lowest BCUT2D eigenvalue weighted by Crippen LogP contribution is -2.51. The fourth-order valence-electron chi connectivity index (χ4n) is 5.21. The van der Waals surface area contributed by atoms with Crippen molar-refractivity contribution >= 4 is 23.6 Å². The number of halogens is 4. The minimum atomic E-state index is -4.77. The van der Waals surface area contributed by atoms with Gasteiger partial charge in [-0.1, -0.05) is 18.2 Å². The van der Waals surface area contributed by atoms with Crippen LogP contribution in [0.3, 0.4) is 0 Å². The number of nitrogen functional groups attached to an aromatic ring is 1. The van der Waals surface area contributed by atoms with Crippen LogP contribution >= 0.6 is 0 Å². The summed E-state index contributed by atoms with van der Waals surface area (Å²) in [5.74, 6) is -2.46. The summed E-state index contributed by atoms with van der Waals surface area (Å²) in [5.41, 5.74) is 6.01. The molecule has 0 bridgehead atoms. The molecule has 2 N–H and O–H groups in total. The Labute approximate surface area is 203 Å². The normalized spacial score (nSPS) is 22.6. The van der Waals surface area contributed by atoms with Crippen molar-refractivity contribution in [2.24, 2.45) is 0 Å². The van der Waals surface area contributed by atoms with Gasteiger partial charge in [0.15, 0.2) is 0 Å². The Balaban J connectivity index is 1.42. The maximum atomic E-state index is 13.6. The Hall–Kier alpha value is -3.63. The van der Waals surface area contributed by atoms with Crippen molar-refractivity contribution in [3.05, 3.63) is 65.0 Å². The van der Waals surface area contributed by atoms with Gasteiger partial charge < -0.3 is 15.4 Å². The second-order valence-corrected chi connectivity index (χ2v) is 9.71. The average molecular weight is 505 g/mol. The molecule has 11 heteroatoms. The molecule has 1 heterocycles. The molecule has 2 fully saturated rings. The van der Waals surface area contributed by atoms with Gasteiger partial charge in [-0.05, 0) is 55.2 Å². The Morgan fingerprint density at radius 2 is 1.81 bits per heavy atom. The van der Waals surface area contributed by atoms with Gasteiger partial charge in [0.1, 0.15) is 18.4 Å². The van der Waals surface area contributed by atoms with Crippen LogP contribution in [0.1, 0.15) is 42.9 Å². The van der Waals surface area contributed by atoms with Gasteiger partial charge in [-0.15, -0.1) is 0 Å². The topological polar surface area (TPSA) is 92.9 Å². The third kappa shape index (κ3) is 3.77. The van der Waals surface area contributed by atoms with Crippen molar-refractivity contribution < 1.29 is 36.7 Å². The van der Waals surface area contributed by atoms with Crippen LogP contribution in [0.5, 0.6) is 0 Å². The van der Waals surface area contributed by atoms with Crippen molar-refractivity contribution in [3.63, 3.8) is 0 Å². The molecule has 2 spiro atoms. The monoisotopic (exact) mass is 505 g/mol. The van der Waals surface area contributed by atoms with E-state index in [1.807, 2.05) is 0 Å². The number of anilines is 1. The van der Waals surface area contributed by atoms with Crippen molar-refractivity contribution in [1.82, 2.24) is 9.80 Å². The van der Waals surface area contributed by atoms with E-state index in [1.165, 1.54) is 12.1 Å². The molecule has 1 aliphatic heterocycles. The van der Waals surface area contributed by atoms with Crippen LogP contribution in [0.25, 0.3) is 0 Å². The molecule has 7 nitrogen and oxygen atoms in total. The number of nitrogens with zero attached hydrogens (tertiary/aromatic N) is 2. The first kappa shape index (κ1) is 24.1. The Bertz CT molecular complexity index is 1260. The summed E-state index contributed by atoms with van der Waals surface area (Å²) < 4.78 is 59.6. The van der Waals surface area contributed by atoms with Crippen molar-refractivity contribution in [2.45, 2.75) is 56.0 Å². The van der Waals surface area contributed by atoms with Gasteiger partial charge in [-0.25, -0.2) is 14.1 Å². The molecule has 1 saturated carbocycles. The molecular formula is C25H23F4N3O4. The molecule has 2 aromatic carbocycles. The predicted molar refractivity (Wildman–Crippen MR) is 119 cm³/mol. The third-order valence-corrected chi connectivity index (χ3v) is 7.38. The summed E-state index contributed by atoms with van der Waals surface area (Å²) in [6.07, 6.45) is -4.09. The number of rotatable bonds is 5. The molecule has 5 rings (SSSR count). The predicted octanol–water partition coefficient (Wildman–Crippen LogP) is 4.00. The zero-order valence-corrected chi connectivity index (χ0v) is 19.3. The molecule has 2 atom stereocenters. The lowest BCUT2D eigenvalue weighted by molar-refractivity contribution is -0.187. The molecule has 36 heavy (non-hydrogen) atoms. The minimum absolute atomic E-state index is 0.201. The number of alkyl halides is 3. The van der Waals surface area contributed by atoms with Crippen molar-refractivity contribution in [1.29, 1.82) is 0 Å². The van der Waals surface area contributed by atoms with E-state index >= 15 is 0 Å². The Morgan fingerprint density at radius 1 is 1.14 bits per heavy atom. The van der Waals surface area contributed by atoms with E-state index in [4.69, 9.17) is 10.5 Å². The molecule has 3 aliphatic rings. The van der Waals surface area contributed by atoms with Gasteiger partial charge in [0.25, 0.3) is 5.91 Å². The van der Waals surface area contributed by atoms with E-state index in [2.05, 4.69) is 0 Å². The van der Waals surface area contributed by atoms with Crippen LogP contribution in [0.2, 0.25) is 0 Å². The summed E-state index contributed by atoms with van der Waals surface area (Å²) in [6, 6.07) is 7.41. The highest BCUT2D eigenvalue weighted by molar-refractivity contribution is 6.06. The SMILES string of the molecule is C[C@H](N(Cc1ccc(F)cc1)C(=O)CN1C(=O)OC2(CC3(CC3)c3cc(N)ccc32)C1=O)C(F)(F)F. The van der Waals surface area contributed by atoms with E-state index in [-0.39, 0.29) is 17.4 Å². The molecule has 190 valence electrons. The number of hydrogen-bond acceptors (Lipinski definition) is 5. The highest BCUT2D eigenvalue weighted by Crippen LogP contribution is 2.64. The van der Waals surface area contributed by atoms with E-state index in [0.717, 1.165) is 37.5 Å². The molecule has 1 unspecified atom stereocenters. The van der Waals surface area contributed by atoms with Crippen LogP contribution in [0, 0.1) is 5.82 Å². The number of imide groups is 1. The van der Waals surface area contributed by atoms with Crippen LogP contribution in [-0.2, 0) is 31.9 Å². The lowest BCUT2D eigenvalue weighted by Gasteiger charge is -2.31. The third-order valence-electron chi connectivity index (χ3n) is 7.38.